The fraction of sp³-hybridized carbons (Fsp3) is 0.273. The molecule has 0 bridgehead atoms. The summed E-state index contributed by atoms with van der Waals surface area (Å²) in [5.41, 5.74) is 3.21. The molecule has 0 amide bonds. The molecule has 0 aliphatic carbocycles. The Morgan fingerprint density at radius 2 is 2.25 bits per heavy atom. The third-order valence-electron chi connectivity index (χ3n) is 2.71. The van der Waals surface area contributed by atoms with E-state index in [9.17, 15) is 0 Å². The number of hydrogen-bond acceptors (Lipinski definition) is 4. The third kappa shape index (κ3) is 1.93. The summed E-state index contributed by atoms with van der Waals surface area (Å²) in [6.45, 7) is 1.97. The highest BCUT2D eigenvalue weighted by molar-refractivity contribution is 14.1. The van der Waals surface area contributed by atoms with E-state index in [1.807, 2.05) is 11.7 Å². The summed E-state index contributed by atoms with van der Waals surface area (Å²) in [6.07, 6.45) is 2.95. The summed E-state index contributed by atoms with van der Waals surface area (Å²) in [4.78, 5) is 12.5. The summed E-state index contributed by atoms with van der Waals surface area (Å²) in [5, 5.41) is 0. The van der Waals surface area contributed by atoms with Gasteiger partial charge in [0, 0.05) is 27.6 Å². The van der Waals surface area contributed by atoms with Crippen LogP contribution in [0.1, 0.15) is 10.6 Å². The average Bonchev–Trinajstić information content (AvgIpc) is 2.77. The lowest BCUT2D eigenvalue weighted by Gasteiger charge is -2.27. The van der Waals surface area contributed by atoms with Gasteiger partial charge < -0.3 is 4.90 Å². The van der Waals surface area contributed by atoms with E-state index in [4.69, 9.17) is 0 Å². The van der Waals surface area contributed by atoms with E-state index in [2.05, 4.69) is 49.6 Å². The smallest absolute Gasteiger partial charge is 0.128 e. The zero-order valence-electron chi connectivity index (χ0n) is 8.56. The lowest BCUT2D eigenvalue weighted by atomic mass is 10.2. The number of fused-ring (bicyclic) bond motifs is 1. The van der Waals surface area contributed by atoms with Gasteiger partial charge in [-0.05, 0) is 34.7 Å². The monoisotopic (exact) mass is 343 g/mol. The highest BCUT2D eigenvalue weighted by atomic mass is 127. The first kappa shape index (κ1) is 10.5. The van der Waals surface area contributed by atoms with Crippen molar-refractivity contribution < 1.29 is 0 Å². The minimum atomic E-state index is 0.952. The summed E-state index contributed by atoms with van der Waals surface area (Å²) in [6, 6.07) is 4.19. The van der Waals surface area contributed by atoms with Gasteiger partial charge in [-0.1, -0.05) is 0 Å². The highest BCUT2D eigenvalue weighted by Crippen LogP contribution is 2.25. The Bertz CT molecular complexity index is 494. The largest absolute Gasteiger partial charge is 0.351 e. The molecule has 82 valence electrons. The van der Waals surface area contributed by atoms with Crippen molar-refractivity contribution in [1.29, 1.82) is 0 Å². The number of halogens is 1. The van der Waals surface area contributed by atoms with E-state index in [0.717, 1.165) is 25.3 Å². The molecule has 2 aromatic heterocycles. The fourth-order valence-corrected chi connectivity index (χ4v) is 3.02. The van der Waals surface area contributed by atoms with Crippen molar-refractivity contribution in [2.24, 2.45) is 0 Å². The maximum Gasteiger partial charge on any atom is 0.128 e. The van der Waals surface area contributed by atoms with E-state index in [1.54, 1.807) is 11.3 Å². The number of nitrogens with zero attached hydrogens (tertiary/aromatic N) is 3. The number of thiazole rings is 1. The van der Waals surface area contributed by atoms with E-state index in [1.165, 1.54) is 14.1 Å². The molecule has 0 unspecified atom stereocenters. The molecule has 0 aromatic carbocycles. The van der Waals surface area contributed by atoms with Crippen LogP contribution in [-0.2, 0) is 13.0 Å². The SMILES string of the molecule is Ic1ccc(N2CCc3ncsc3C2)nc1. The molecule has 0 saturated carbocycles. The maximum atomic E-state index is 4.46. The lowest BCUT2D eigenvalue weighted by molar-refractivity contribution is 0.718. The molecule has 1 aliphatic rings. The second-order valence-electron chi connectivity index (χ2n) is 3.73. The Balaban J connectivity index is 1.86. The van der Waals surface area contributed by atoms with Gasteiger partial charge in [0.1, 0.15) is 5.82 Å². The highest BCUT2D eigenvalue weighted by Gasteiger charge is 2.19. The second kappa shape index (κ2) is 4.29. The molecular weight excluding hydrogens is 333 g/mol. The maximum absolute atomic E-state index is 4.46. The van der Waals surface area contributed by atoms with Crippen LogP contribution in [0, 0.1) is 3.57 Å². The first-order chi connectivity index (χ1) is 7.83. The van der Waals surface area contributed by atoms with Crippen molar-refractivity contribution in [1.82, 2.24) is 9.97 Å². The van der Waals surface area contributed by atoms with Crippen LogP contribution in [0.5, 0.6) is 0 Å². The van der Waals surface area contributed by atoms with E-state index in [-0.39, 0.29) is 0 Å². The number of hydrogen-bond donors (Lipinski definition) is 0. The topological polar surface area (TPSA) is 29.0 Å². The fourth-order valence-electron chi connectivity index (χ4n) is 1.87. The van der Waals surface area contributed by atoms with E-state index < -0.39 is 0 Å². The number of aromatic nitrogens is 2. The van der Waals surface area contributed by atoms with Gasteiger partial charge in [0.05, 0.1) is 17.7 Å². The van der Waals surface area contributed by atoms with Crippen LogP contribution in [0.15, 0.2) is 23.8 Å². The van der Waals surface area contributed by atoms with Crippen molar-refractivity contribution in [3.8, 4) is 0 Å². The molecule has 0 spiro atoms. The number of rotatable bonds is 1. The molecule has 2 aromatic rings. The van der Waals surface area contributed by atoms with Crippen molar-refractivity contribution in [2.45, 2.75) is 13.0 Å². The minimum absolute atomic E-state index is 0.952. The number of pyridine rings is 1. The summed E-state index contributed by atoms with van der Waals surface area (Å²) in [7, 11) is 0. The first-order valence-electron chi connectivity index (χ1n) is 5.10. The van der Waals surface area contributed by atoms with Crippen LogP contribution >= 0.6 is 33.9 Å². The van der Waals surface area contributed by atoms with Crippen LogP contribution in [0.2, 0.25) is 0 Å². The molecule has 1 aliphatic heterocycles. The van der Waals surface area contributed by atoms with Crippen molar-refractivity contribution in [2.75, 3.05) is 11.4 Å². The Morgan fingerprint density at radius 1 is 1.31 bits per heavy atom. The molecule has 0 fully saturated rings. The molecule has 3 heterocycles. The Hall–Kier alpha value is -0.690. The Kier molecular flexibility index (Phi) is 2.81. The van der Waals surface area contributed by atoms with Crippen LogP contribution in [-0.4, -0.2) is 16.5 Å². The van der Waals surface area contributed by atoms with Crippen molar-refractivity contribution >= 4 is 39.7 Å². The van der Waals surface area contributed by atoms with Gasteiger partial charge in [-0.3, -0.25) is 0 Å². The zero-order valence-corrected chi connectivity index (χ0v) is 11.5. The summed E-state index contributed by atoms with van der Waals surface area (Å²) in [5.74, 6) is 1.07. The second-order valence-corrected chi connectivity index (χ2v) is 5.91. The molecule has 0 radical (unpaired) electrons. The molecule has 3 nitrogen and oxygen atoms in total. The van der Waals surface area contributed by atoms with Crippen LogP contribution in [0.3, 0.4) is 0 Å². The molecular formula is C11H10IN3S. The predicted molar refractivity (Wildman–Crippen MR) is 73.8 cm³/mol. The van der Waals surface area contributed by atoms with E-state index in [0.29, 0.717) is 0 Å². The normalized spacial score (nSPS) is 14.9. The molecule has 3 rings (SSSR count). The molecule has 0 saturated heterocycles. The van der Waals surface area contributed by atoms with Gasteiger partial charge in [0.2, 0.25) is 0 Å². The zero-order chi connectivity index (χ0) is 11.0. The summed E-state index contributed by atoms with van der Waals surface area (Å²) >= 11 is 4.02. The van der Waals surface area contributed by atoms with Gasteiger partial charge in [-0.2, -0.15) is 0 Å². The Morgan fingerprint density at radius 3 is 3.06 bits per heavy atom. The van der Waals surface area contributed by atoms with Gasteiger partial charge >= 0.3 is 0 Å². The van der Waals surface area contributed by atoms with Crippen LogP contribution < -0.4 is 4.90 Å². The van der Waals surface area contributed by atoms with Crippen LogP contribution in [0.4, 0.5) is 5.82 Å². The predicted octanol–water partition coefficient (Wildman–Crippen LogP) is 2.71. The quantitative estimate of drug-likeness (QED) is 0.746. The van der Waals surface area contributed by atoms with Crippen LogP contribution in [0.25, 0.3) is 0 Å². The minimum Gasteiger partial charge on any atom is -0.351 e. The number of anilines is 1. The Labute approximate surface area is 112 Å². The van der Waals surface area contributed by atoms with Gasteiger partial charge in [-0.15, -0.1) is 11.3 Å². The average molecular weight is 343 g/mol. The summed E-state index contributed by atoms with van der Waals surface area (Å²) < 4.78 is 1.18. The van der Waals surface area contributed by atoms with E-state index >= 15 is 0 Å². The van der Waals surface area contributed by atoms with Crippen molar-refractivity contribution in [3.05, 3.63) is 38.0 Å². The molecule has 0 N–H and O–H groups in total. The molecule has 5 heteroatoms. The lowest BCUT2D eigenvalue weighted by Crippen LogP contribution is -2.30. The third-order valence-corrected chi connectivity index (χ3v) is 4.21. The molecule has 16 heavy (non-hydrogen) atoms. The standard InChI is InChI=1S/C11H10IN3S/c12-8-1-2-11(13-5-8)15-4-3-9-10(6-15)16-7-14-9/h1-2,5,7H,3-4,6H2. The van der Waals surface area contributed by atoms with Gasteiger partial charge in [-0.25, -0.2) is 9.97 Å². The van der Waals surface area contributed by atoms with Crippen molar-refractivity contribution in [3.63, 3.8) is 0 Å². The van der Waals surface area contributed by atoms with Gasteiger partial charge in [0.15, 0.2) is 0 Å². The van der Waals surface area contributed by atoms with Gasteiger partial charge in [0.25, 0.3) is 0 Å². The molecule has 0 atom stereocenters. The first-order valence-corrected chi connectivity index (χ1v) is 7.06.